The monoisotopic (exact) mass is 287 g/mol. The maximum Gasteiger partial charge on any atom is 0.125 e. The van der Waals surface area contributed by atoms with Crippen molar-refractivity contribution in [2.45, 2.75) is 31.9 Å². The van der Waals surface area contributed by atoms with Gasteiger partial charge in [-0.1, -0.05) is 0 Å². The number of hydrogen-bond acceptors (Lipinski definition) is 2. The largest absolute Gasteiger partial charge is 0.381 e. The Morgan fingerprint density at radius 2 is 2.31 bits per heavy atom. The van der Waals surface area contributed by atoms with Crippen molar-refractivity contribution in [2.75, 3.05) is 11.9 Å². The number of halogens is 2. The lowest BCUT2D eigenvalue weighted by Crippen LogP contribution is -2.32. The normalized spacial score (nSPS) is 25.4. The standard InChI is InChI=1S/C12H15BrFNO/c1-8-6-10(4-5-16-8)15-12-7-9(14)2-3-11(12)13/h2-3,7-8,10,15H,4-6H2,1H3. The van der Waals surface area contributed by atoms with Crippen molar-refractivity contribution < 1.29 is 9.13 Å². The summed E-state index contributed by atoms with van der Waals surface area (Å²) in [4.78, 5) is 0. The van der Waals surface area contributed by atoms with Crippen LogP contribution in [0.15, 0.2) is 22.7 Å². The van der Waals surface area contributed by atoms with Crippen LogP contribution in [0.25, 0.3) is 0 Å². The van der Waals surface area contributed by atoms with Crippen LogP contribution in [0.1, 0.15) is 19.8 Å². The van der Waals surface area contributed by atoms with E-state index in [1.54, 1.807) is 6.07 Å². The van der Waals surface area contributed by atoms with Crippen molar-refractivity contribution in [3.05, 3.63) is 28.5 Å². The molecule has 0 aromatic heterocycles. The molecule has 1 aromatic rings. The van der Waals surface area contributed by atoms with Gasteiger partial charge in [-0.15, -0.1) is 0 Å². The Morgan fingerprint density at radius 3 is 3.06 bits per heavy atom. The van der Waals surface area contributed by atoms with Crippen molar-refractivity contribution in [1.29, 1.82) is 0 Å². The van der Waals surface area contributed by atoms with Crippen LogP contribution in [0, 0.1) is 5.82 Å². The minimum Gasteiger partial charge on any atom is -0.381 e. The highest BCUT2D eigenvalue weighted by atomic mass is 79.9. The van der Waals surface area contributed by atoms with Gasteiger partial charge in [0.05, 0.1) is 11.8 Å². The van der Waals surface area contributed by atoms with Crippen LogP contribution in [0.3, 0.4) is 0 Å². The number of nitrogens with one attached hydrogen (secondary N) is 1. The summed E-state index contributed by atoms with van der Waals surface area (Å²) in [6.45, 7) is 2.83. The Hall–Kier alpha value is -0.610. The molecule has 1 heterocycles. The quantitative estimate of drug-likeness (QED) is 0.898. The highest BCUT2D eigenvalue weighted by Crippen LogP contribution is 2.26. The van der Waals surface area contributed by atoms with Gasteiger partial charge in [0.15, 0.2) is 0 Å². The molecule has 0 amide bonds. The van der Waals surface area contributed by atoms with Crippen LogP contribution in [0.5, 0.6) is 0 Å². The second-order valence-electron chi connectivity index (χ2n) is 4.17. The molecule has 2 rings (SSSR count). The number of rotatable bonds is 2. The van der Waals surface area contributed by atoms with Crippen molar-refractivity contribution >= 4 is 21.6 Å². The van der Waals surface area contributed by atoms with E-state index < -0.39 is 0 Å². The fourth-order valence-electron chi connectivity index (χ4n) is 1.96. The third-order valence-electron chi connectivity index (χ3n) is 2.77. The van der Waals surface area contributed by atoms with Gasteiger partial charge in [0.1, 0.15) is 5.82 Å². The third-order valence-corrected chi connectivity index (χ3v) is 3.46. The minimum atomic E-state index is -0.217. The molecule has 0 spiro atoms. The van der Waals surface area contributed by atoms with Gasteiger partial charge < -0.3 is 10.1 Å². The number of ether oxygens (including phenoxy) is 1. The molecule has 2 atom stereocenters. The summed E-state index contributed by atoms with van der Waals surface area (Å²) in [6.07, 6.45) is 2.20. The first-order valence-electron chi connectivity index (χ1n) is 5.48. The molecule has 4 heteroatoms. The summed E-state index contributed by atoms with van der Waals surface area (Å²) >= 11 is 3.41. The second kappa shape index (κ2) is 5.15. The van der Waals surface area contributed by atoms with E-state index in [0.717, 1.165) is 29.6 Å². The van der Waals surface area contributed by atoms with Crippen LogP contribution >= 0.6 is 15.9 Å². The Balaban J connectivity index is 2.05. The molecule has 2 nitrogen and oxygen atoms in total. The molecule has 0 saturated carbocycles. The molecule has 1 fully saturated rings. The summed E-state index contributed by atoms with van der Waals surface area (Å²) in [7, 11) is 0. The molecule has 0 aliphatic carbocycles. The van der Waals surface area contributed by atoms with Crippen molar-refractivity contribution in [3.8, 4) is 0 Å². The average molecular weight is 288 g/mol. The maximum absolute atomic E-state index is 13.1. The first kappa shape index (κ1) is 11.9. The molecule has 88 valence electrons. The van der Waals surface area contributed by atoms with E-state index in [2.05, 4.69) is 28.2 Å². The second-order valence-corrected chi connectivity index (χ2v) is 5.03. The number of benzene rings is 1. The van der Waals surface area contributed by atoms with Gasteiger partial charge in [-0.2, -0.15) is 0 Å². The van der Waals surface area contributed by atoms with Gasteiger partial charge in [0.25, 0.3) is 0 Å². The summed E-state index contributed by atoms with van der Waals surface area (Å²) in [5, 5.41) is 3.35. The SMILES string of the molecule is CC1CC(Nc2cc(F)ccc2Br)CCO1. The van der Waals surface area contributed by atoms with E-state index in [4.69, 9.17) is 4.74 Å². The predicted octanol–water partition coefficient (Wildman–Crippen LogP) is 3.57. The van der Waals surface area contributed by atoms with Gasteiger partial charge in [-0.3, -0.25) is 0 Å². The van der Waals surface area contributed by atoms with Crippen LogP contribution < -0.4 is 5.32 Å². The minimum absolute atomic E-state index is 0.217. The molecule has 1 saturated heterocycles. The van der Waals surface area contributed by atoms with E-state index in [1.165, 1.54) is 12.1 Å². The van der Waals surface area contributed by atoms with E-state index >= 15 is 0 Å². The zero-order valence-corrected chi connectivity index (χ0v) is 10.8. The maximum atomic E-state index is 13.1. The van der Waals surface area contributed by atoms with E-state index in [9.17, 15) is 4.39 Å². The molecule has 1 aliphatic rings. The van der Waals surface area contributed by atoms with Crippen LogP contribution in [0.2, 0.25) is 0 Å². The Labute approximate surface area is 103 Å². The van der Waals surface area contributed by atoms with Crippen LogP contribution in [0.4, 0.5) is 10.1 Å². The summed E-state index contributed by atoms with van der Waals surface area (Å²) in [5.41, 5.74) is 0.819. The molecule has 1 aromatic carbocycles. The van der Waals surface area contributed by atoms with Crippen molar-refractivity contribution in [1.82, 2.24) is 0 Å². The zero-order chi connectivity index (χ0) is 11.5. The summed E-state index contributed by atoms with van der Waals surface area (Å²) in [5.74, 6) is -0.217. The average Bonchev–Trinajstić information content (AvgIpc) is 2.24. The third kappa shape index (κ3) is 2.95. The smallest absolute Gasteiger partial charge is 0.125 e. The lowest BCUT2D eigenvalue weighted by atomic mass is 10.0. The Kier molecular flexibility index (Phi) is 3.82. The van der Waals surface area contributed by atoms with Crippen molar-refractivity contribution in [2.24, 2.45) is 0 Å². The molecule has 0 bridgehead atoms. The predicted molar refractivity (Wildman–Crippen MR) is 66.2 cm³/mol. The highest BCUT2D eigenvalue weighted by Gasteiger charge is 2.19. The highest BCUT2D eigenvalue weighted by molar-refractivity contribution is 9.10. The number of anilines is 1. The first-order valence-corrected chi connectivity index (χ1v) is 6.27. The van der Waals surface area contributed by atoms with Gasteiger partial charge in [-0.05, 0) is 53.9 Å². The Bertz CT molecular complexity index is 372. The van der Waals surface area contributed by atoms with Crippen molar-refractivity contribution in [3.63, 3.8) is 0 Å². The van der Waals surface area contributed by atoms with Gasteiger partial charge in [0, 0.05) is 17.1 Å². The number of hydrogen-bond donors (Lipinski definition) is 1. The molecule has 0 radical (unpaired) electrons. The van der Waals surface area contributed by atoms with E-state index in [1.807, 2.05) is 0 Å². The molecular formula is C12H15BrFNO. The zero-order valence-electron chi connectivity index (χ0n) is 9.17. The lowest BCUT2D eigenvalue weighted by Gasteiger charge is -2.29. The Morgan fingerprint density at radius 1 is 1.50 bits per heavy atom. The first-order chi connectivity index (χ1) is 7.65. The molecule has 16 heavy (non-hydrogen) atoms. The van der Waals surface area contributed by atoms with Gasteiger partial charge in [0.2, 0.25) is 0 Å². The molecule has 1 aliphatic heterocycles. The molecular weight excluding hydrogens is 273 g/mol. The van der Waals surface area contributed by atoms with E-state index in [0.29, 0.717) is 6.04 Å². The topological polar surface area (TPSA) is 21.3 Å². The fraction of sp³-hybridized carbons (Fsp3) is 0.500. The molecule has 2 unspecified atom stereocenters. The van der Waals surface area contributed by atoms with E-state index in [-0.39, 0.29) is 11.9 Å². The van der Waals surface area contributed by atoms with Crippen LogP contribution in [-0.4, -0.2) is 18.8 Å². The lowest BCUT2D eigenvalue weighted by molar-refractivity contribution is 0.0232. The fourth-order valence-corrected chi connectivity index (χ4v) is 2.32. The van der Waals surface area contributed by atoms with Crippen LogP contribution in [-0.2, 0) is 4.74 Å². The van der Waals surface area contributed by atoms with Gasteiger partial charge >= 0.3 is 0 Å². The molecule has 1 N–H and O–H groups in total. The summed E-state index contributed by atoms with van der Waals surface area (Å²) in [6, 6.07) is 5.05. The summed E-state index contributed by atoms with van der Waals surface area (Å²) < 4.78 is 19.5. The van der Waals surface area contributed by atoms with Gasteiger partial charge in [-0.25, -0.2) is 4.39 Å².